The van der Waals surface area contributed by atoms with E-state index in [0.717, 1.165) is 12.8 Å². The zero-order valence-electron chi connectivity index (χ0n) is 26.3. The summed E-state index contributed by atoms with van der Waals surface area (Å²) in [7, 11) is 0. The van der Waals surface area contributed by atoms with E-state index in [9.17, 15) is 5.26 Å². The molecule has 10 heteroatoms. The molecule has 0 spiro atoms. The molecule has 8 bridgehead atoms. The van der Waals surface area contributed by atoms with Crippen LogP contribution < -0.4 is 42.5 Å². The summed E-state index contributed by atoms with van der Waals surface area (Å²) in [5.41, 5.74) is 0. The highest BCUT2D eigenvalue weighted by atomic mass is 35.5. The first-order chi connectivity index (χ1) is 21.7. The molecule has 9 aliphatic rings. The Morgan fingerprint density at radius 3 is 1.09 bits per heavy atom. The number of alkyl halides is 1. The first-order valence-corrected chi connectivity index (χ1v) is 19.3. The zero-order chi connectivity index (χ0) is 29.4. The van der Waals surface area contributed by atoms with Gasteiger partial charge in [-0.25, -0.2) is 0 Å². The third-order valence-electron chi connectivity index (χ3n) is 14.5. The van der Waals surface area contributed by atoms with E-state index in [2.05, 4.69) is 48.6 Å². The fourth-order valence-corrected chi connectivity index (χ4v) is 12.9. The van der Waals surface area contributed by atoms with Gasteiger partial charge in [-0.15, -0.1) is 11.6 Å². The summed E-state index contributed by atoms with van der Waals surface area (Å²) < 4.78 is 0. The summed E-state index contributed by atoms with van der Waals surface area (Å²) in [6.07, 6.45) is 20.1. The van der Waals surface area contributed by atoms with E-state index in [-0.39, 0.29) is 36.5 Å². The van der Waals surface area contributed by atoms with Crippen LogP contribution in [0.2, 0.25) is 0 Å². The van der Waals surface area contributed by atoms with Gasteiger partial charge in [-0.2, -0.15) is 5.26 Å². The Labute approximate surface area is 269 Å². The van der Waals surface area contributed by atoms with Crippen LogP contribution in [0.25, 0.3) is 0 Å². The van der Waals surface area contributed by atoms with E-state index >= 15 is 0 Å². The van der Waals surface area contributed by atoms with Gasteiger partial charge >= 0.3 is 0 Å². The third kappa shape index (κ3) is 4.92. The summed E-state index contributed by atoms with van der Waals surface area (Å²) in [6, 6.07) is 2.77. The standard InChI is InChI=1S/C34H56ClN9/c35-15-17-13-14-18(16-36)26-25(17)33-42-31-23-11-5-3-9-21(23)29(40-31)38-27-19-7-1-2-8-20(19)28(37-27)39-30-22-10-4-6-12-24(22)32(41-30)43-34(26)44-33/h17-34,37-44H,1-15H2. The average molecular weight is 626 g/mol. The minimum atomic E-state index is 0.0624. The lowest BCUT2D eigenvalue weighted by Crippen LogP contribution is -2.62. The van der Waals surface area contributed by atoms with Crippen LogP contribution in [-0.4, -0.2) is 55.2 Å². The number of nitriles is 1. The van der Waals surface area contributed by atoms with Crippen LogP contribution >= 0.6 is 11.6 Å². The van der Waals surface area contributed by atoms with Crippen LogP contribution in [0, 0.1) is 70.5 Å². The van der Waals surface area contributed by atoms with E-state index in [1.807, 2.05) is 0 Å². The molecule has 0 aromatic rings. The van der Waals surface area contributed by atoms with E-state index in [4.69, 9.17) is 11.6 Å². The van der Waals surface area contributed by atoms with Crippen molar-refractivity contribution >= 4 is 11.6 Å². The maximum Gasteiger partial charge on any atom is 0.0659 e. The normalized spacial score (nSPS) is 56.6. The van der Waals surface area contributed by atoms with Crippen molar-refractivity contribution < 1.29 is 0 Å². The maximum atomic E-state index is 10.4. The molecule has 244 valence electrons. The predicted octanol–water partition coefficient (Wildman–Crippen LogP) is 2.82. The summed E-state index contributed by atoms with van der Waals surface area (Å²) >= 11 is 6.73. The number of rotatable bonds is 1. The Bertz CT molecular complexity index is 1090. The molecule has 18 unspecified atom stereocenters. The van der Waals surface area contributed by atoms with Crippen molar-refractivity contribution in [3.05, 3.63) is 0 Å². The Morgan fingerprint density at radius 2 is 0.750 bits per heavy atom. The van der Waals surface area contributed by atoms with Gasteiger partial charge in [0.25, 0.3) is 0 Å². The second kappa shape index (κ2) is 12.2. The minimum absolute atomic E-state index is 0.0624. The number of hydrogen-bond donors (Lipinski definition) is 8. The maximum absolute atomic E-state index is 10.4. The average Bonchev–Trinajstić information content (AvgIpc) is 3.80. The first kappa shape index (κ1) is 29.6. The summed E-state index contributed by atoms with van der Waals surface area (Å²) in [6.45, 7) is 0. The molecule has 5 heterocycles. The number of nitrogens with zero attached hydrogens (tertiary/aromatic N) is 1. The number of halogens is 1. The van der Waals surface area contributed by atoms with Gasteiger partial charge in [0.2, 0.25) is 0 Å². The fraction of sp³-hybridized carbons (Fsp3) is 0.971. The summed E-state index contributed by atoms with van der Waals surface area (Å²) in [5, 5.41) is 43.8. The van der Waals surface area contributed by atoms with Gasteiger partial charge in [0.15, 0.2) is 0 Å². The van der Waals surface area contributed by atoms with Crippen molar-refractivity contribution in [3.8, 4) is 6.07 Å². The lowest BCUT2D eigenvalue weighted by Gasteiger charge is -2.41. The van der Waals surface area contributed by atoms with E-state index < -0.39 is 0 Å². The Hall–Kier alpha value is -0.540. The van der Waals surface area contributed by atoms with Gasteiger partial charge in [0, 0.05) is 11.8 Å². The molecule has 9 rings (SSSR count). The lowest BCUT2D eigenvalue weighted by molar-refractivity contribution is 0.106. The SMILES string of the molecule is N#CC1CCC(CCl)C2C3NC4NC(NC5NC(NC6NC(NC(N3)C12)C1CCCCC61)C1CCCCC51)C1CCCCC41. The number of hydrogen-bond acceptors (Lipinski definition) is 9. The molecule has 9 fully saturated rings. The number of nitrogens with one attached hydrogen (secondary N) is 8. The molecule has 0 amide bonds. The van der Waals surface area contributed by atoms with Gasteiger partial charge in [-0.3, -0.25) is 42.5 Å². The third-order valence-corrected chi connectivity index (χ3v) is 14.9. The largest absolute Gasteiger partial charge is 0.286 e. The molecule has 5 aliphatic heterocycles. The van der Waals surface area contributed by atoms with Crippen molar-refractivity contribution in [1.82, 2.24) is 42.5 Å². The van der Waals surface area contributed by atoms with Crippen LogP contribution in [0.15, 0.2) is 0 Å². The predicted molar refractivity (Wildman–Crippen MR) is 171 cm³/mol. The monoisotopic (exact) mass is 625 g/mol. The fourth-order valence-electron chi connectivity index (χ4n) is 12.5. The second-order valence-corrected chi connectivity index (χ2v) is 16.7. The molecule has 9 nitrogen and oxygen atoms in total. The lowest BCUT2D eigenvalue weighted by atomic mass is 9.67. The Morgan fingerprint density at radius 1 is 0.432 bits per heavy atom. The minimum Gasteiger partial charge on any atom is -0.286 e. The van der Waals surface area contributed by atoms with Gasteiger partial charge in [-0.05, 0) is 98.7 Å². The van der Waals surface area contributed by atoms with Crippen LogP contribution in [-0.2, 0) is 0 Å². The molecule has 5 saturated heterocycles. The molecule has 44 heavy (non-hydrogen) atoms. The quantitative estimate of drug-likeness (QED) is 0.208. The highest BCUT2D eigenvalue weighted by Gasteiger charge is 2.57. The smallest absolute Gasteiger partial charge is 0.0659 e. The molecule has 4 aliphatic carbocycles. The zero-order valence-corrected chi connectivity index (χ0v) is 27.1. The highest BCUT2D eigenvalue weighted by molar-refractivity contribution is 6.18. The molecular weight excluding hydrogens is 570 g/mol. The van der Waals surface area contributed by atoms with Crippen molar-refractivity contribution in [2.45, 2.75) is 139 Å². The number of fused-ring (bicyclic) bond motifs is 20. The molecule has 18 atom stereocenters. The Balaban J connectivity index is 1.08. The summed E-state index contributed by atoms with van der Waals surface area (Å²) in [5.74, 6) is 5.72. The van der Waals surface area contributed by atoms with Crippen molar-refractivity contribution in [3.63, 3.8) is 0 Å². The molecule has 0 aromatic heterocycles. The van der Waals surface area contributed by atoms with Crippen molar-refractivity contribution in [2.24, 2.45) is 59.2 Å². The molecule has 4 saturated carbocycles. The van der Waals surface area contributed by atoms with Gasteiger partial charge in [-0.1, -0.05) is 38.5 Å². The van der Waals surface area contributed by atoms with Crippen molar-refractivity contribution in [1.29, 1.82) is 5.26 Å². The molecule has 0 aromatic carbocycles. The van der Waals surface area contributed by atoms with Crippen LogP contribution in [0.3, 0.4) is 0 Å². The van der Waals surface area contributed by atoms with Crippen LogP contribution in [0.5, 0.6) is 0 Å². The molecule has 8 N–H and O–H groups in total. The second-order valence-electron chi connectivity index (χ2n) is 16.4. The van der Waals surface area contributed by atoms with Gasteiger partial charge in [0.05, 0.1) is 61.3 Å². The van der Waals surface area contributed by atoms with Gasteiger partial charge < -0.3 is 0 Å². The van der Waals surface area contributed by atoms with Crippen LogP contribution in [0.1, 0.15) is 89.9 Å². The van der Waals surface area contributed by atoms with Crippen LogP contribution in [0.4, 0.5) is 0 Å². The van der Waals surface area contributed by atoms with E-state index in [1.165, 1.54) is 77.0 Å². The Kier molecular flexibility index (Phi) is 8.18. The van der Waals surface area contributed by atoms with E-state index in [0.29, 0.717) is 77.9 Å². The highest BCUT2D eigenvalue weighted by Crippen LogP contribution is 2.48. The molecular formula is C34H56ClN9. The van der Waals surface area contributed by atoms with E-state index in [1.54, 1.807) is 0 Å². The molecule has 0 radical (unpaired) electrons. The van der Waals surface area contributed by atoms with Crippen molar-refractivity contribution in [2.75, 3.05) is 5.88 Å². The first-order valence-electron chi connectivity index (χ1n) is 18.7. The van der Waals surface area contributed by atoms with Gasteiger partial charge in [0.1, 0.15) is 0 Å². The summed E-state index contributed by atoms with van der Waals surface area (Å²) in [4.78, 5) is 0. The topological polar surface area (TPSA) is 120 Å².